The van der Waals surface area contributed by atoms with Crippen LogP contribution in [-0.4, -0.2) is 26.0 Å². The van der Waals surface area contributed by atoms with Crippen LogP contribution in [0.1, 0.15) is 11.3 Å². The van der Waals surface area contributed by atoms with Crippen molar-refractivity contribution in [1.82, 2.24) is 5.43 Å². The Bertz CT molecular complexity index is 486. The summed E-state index contributed by atoms with van der Waals surface area (Å²) >= 11 is 5.07. The van der Waals surface area contributed by atoms with Gasteiger partial charge in [0.25, 0.3) is 0 Å². The Morgan fingerprint density at radius 1 is 1.65 bits per heavy atom. The van der Waals surface area contributed by atoms with Gasteiger partial charge >= 0.3 is 0 Å². The largest absolute Gasteiger partial charge is 0.271 e. The van der Waals surface area contributed by atoms with Crippen LogP contribution in [0.15, 0.2) is 15.9 Å². The van der Waals surface area contributed by atoms with E-state index in [0.717, 1.165) is 10.9 Å². The SMILES string of the molecule is NNC(Cc1cc(Br)cs1)C1CCS(=O)(=O)C1. The van der Waals surface area contributed by atoms with E-state index in [1.807, 2.05) is 5.38 Å². The predicted molar refractivity (Wildman–Crippen MR) is 73.6 cm³/mol. The molecule has 1 aromatic rings. The Morgan fingerprint density at radius 2 is 2.41 bits per heavy atom. The fraction of sp³-hybridized carbons (Fsp3) is 0.600. The van der Waals surface area contributed by atoms with E-state index >= 15 is 0 Å². The quantitative estimate of drug-likeness (QED) is 0.641. The van der Waals surface area contributed by atoms with Crippen molar-refractivity contribution in [3.05, 3.63) is 20.8 Å². The van der Waals surface area contributed by atoms with Crippen LogP contribution in [-0.2, 0) is 16.3 Å². The molecule has 17 heavy (non-hydrogen) atoms. The Labute approximate surface area is 114 Å². The van der Waals surface area contributed by atoms with Crippen molar-refractivity contribution in [3.8, 4) is 0 Å². The summed E-state index contributed by atoms with van der Waals surface area (Å²) in [4.78, 5) is 1.21. The summed E-state index contributed by atoms with van der Waals surface area (Å²) in [7, 11) is -2.84. The van der Waals surface area contributed by atoms with Gasteiger partial charge < -0.3 is 0 Å². The van der Waals surface area contributed by atoms with Gasteiger partial charge in [-0.15, -0.1) is 11.3 Å². The second-order valence-corrected chi connectivity index (χ2v) is 8.51. The maximum Gasteiger partial charge on any atom is 0.150 e. The zero-order valence-electron chi connectivity index (χ0n) is 9.23. The number of hydrazine groups is 1. The summed E-state index contributed by atoms with van der Waals surface area (Å²) < 4.78 is 24.0. The lowest BCUT2D eigenvalue weighted by Crippen LogP contribution is -2.42. The van der Waals surface area contributed by atoms with Crippen LogP contribution in [0.2, 0.25) is 0 Å². The van der Waals surface area contributed by atoms with Crippen LogP contribution < -0.4 is 11.3 Å². The van der Waals surface area contributed by atoms with Crippen molar-refractivity contribution in [1.29, 1.82) is 0 Å². The van der Waals surface area contributed by atoms with Gasteiger partial charge in [-0.1, -0.05) is 0 Å². The molecular formula is C10H15BrN2O2S2. The Morgan fingerprint density at radius 3 is 2.88 bits per heavy atom. The molecule has 1 aliphatic rings. The van der Waals surface area contributed by atoms with Crippen molar-refractivity contribution in [3.63, 3.8) is 0 Å². The van der Waals surface area contributed by atoms with Crippen molar-refractivity contribution in [2.24, 2.45) is 11.8 Å². The standard InChI is InChI=1S/C10H15BrN2O2S2/c11-8-3-9(16-5-8)4-10(13-12)7-1-2-17(14,15)6-7/h3,5,7,10,13H,1-2,4,6,12H2. The molecule has 2 unspecified atom stereocenters. The molecule has 2 atom stereocenters. The third-order valence-electron chi connectivity index (χ3n) is 3.09. The third-order valence-corrected chi connectivity index (χ3v) is 6.61. The van der Waals surface area contributed by atoms with Crippen LogP contribution in [0.25, 0.3) is 0 Å². The molecule has 2 heterocycles. The average molecular weight is 339 g/mol. The average Bonchev–Trinajstić information content (AvgIpc) is 2.81. The minimum absolute atomic E-state index is 0.0397. The van der Waals surface area contributed by atoms with Gasteiger partial charge in [0, 0.05) is 20.8 Å². The van der Waals surface area contributed by atoms with E-state index < -0.39 is 9.84 Å². The summed E-state index contributed by atoms with van der Waals surface area (Å²) in [6.07, 6.45) is 1.50. The molecule has 0 amide bonds. The third kappa shape index (κ3) is 3.51. The predicted octanol–water partition coefficient (Wildman–Crippen LogP) is 1.32. The number of rotatable bonds is 4. The van der Waals surface area contributed by atoms with Gasteiger partial charge in [-0.2, -0.15) is 0 Å². The summed E-state index contributed by atoms with van der Waals surface area (Å²) in [5.74, 6) is 6.23. The lowest BCUT2D eigenvalue weighted by atomic mass is 9.96. The van der Waals surface area contributed by atoms with E-state index in [9.17, 15) is 8.42 Å². The maximum absolute atomic E-state index is 11.4. The fourth-order valence-electron chi connectivity index (χ4n) is 2.18. The topological polar surface area (TPSA) is 72.2 Å². The summed E-state index contributed by atoms with van der Waals surface area (Å²) in [6, 6.07) is 2.09. The van der Waals surface area contributed by atoms with Gasteiger partial charge in [0.1, 0.15) is 0 Å². The molecule has 2 rings (SSSR count). The lowest BCUT2D eigenvalue weighted by Gasteiger charge is -2.20. The number of nitrogens with two attached hydrogens (primary N) is 1. The highest BCUT2D eigenvalue weighted by Crippen LogP contribution is 2.26. The molecule has 7 heteroatoms. The van der Waals surface area contributed by atoms with Gasteiger partial charge in [0.2, 0.25) is 0 Å². The van der Waals surface area contributed by atoms with Crippen molar-refractivity contribution >= 4 is 37.1 Å². The summed E-state index contributed by atoms with van der Waals surface area (Å²) in [6.45, 7) is 0. The first-order valence-corrected chi connectivity index (χ1v) is 8.89. The number of hydrogen-bond acceptors (Lipinski definition) is 5. The second kappa shape index (κ2) is 5.36. The van der Waals surface area contributed by atoms with Gasteiger partial charge in [-0.05, 0) is 40.8 Å². The van der Waals surface area contributed by atoms with E-state index in [1.165, 1.54) is 4.88 Å². The number of hydrogen-bond donors (Lipinski definition) is 2. The molecule has 3 N–H and O–H groups in total. The number of thiophene rings is 1. The van der Waals surface area contributed by atoms with E-state index in [4.69, 9.17) is 5.84 Å². The molecule has 0 bridgehead atoms. The van der Waals surface area contributed by atoms with Crippen molar-refractivity contribution in [2.45, 2.75) is 18.9 Å². The zero-order chi connectivity index (χ0) is 12.5. The lowest BCUT2D eigenvalue weighted by molar-refractivity contribution is 0.387. The normalized spacial score (nSPS) is 24.9. The van der Waals surface area contributed by atoms with Crippen LogP contribution in [0, 0.1) is 5.92 Å². The molecule has 4 nitrogen and oxygen atoms in total. The molecule has 0 spiro atoms. The monoisotopic (exact) mass is 338 g/mol. The van der Waals surface area contributed by atoms with Gasteiger partial charge in [0.05, 0.1) is 11.5 Å². The molecule has 0 aromatic carbocycles. The van der Waals surface area contributed by atoms with Gasteiger partial charge in [0.15, 0.2) is 9.84 Å². The maximum atomic E-state index is 11.4. The Kier molecular flexibility index (Phi) is 4.25. The minimum atomic E-state index is -2.84. The molecule has 0 radical (unpaired) electrons. The number of sulfone groups is 1. The molecular weight excluding hydrogens is 324 g/mol. The van der Waals surface area contributed by atoms with E-state index in [1.54, 1.807) is 11.3 Å². The van der Waals surface area contributed by atoms with Crippen molar-refractivity contribution < 1.29 is 8.42 Å². The highest BCUT2D eigenvalue weighted by Gasteiger charge is 2.33. The van der Waals surface area contributed by atoms with E-state index in [0.29, 0.717) is 12.2 Å². The summed E-state index contributed by atoms with van der Waals surface area (Å²) in [5.41, 5.74) is 2.77. The van der Waals surface area contributed by atoms with Gasteiger partial charge in [-0.3, -0.25) is 11.3 Å². The number of halogens is 1. The molecule has 0 aliphatic carbocycles. The van der Waals surface area contributed by atoms with Gasteiger partial charge in [-0.25, -0.2) is 8.42 Å². The smallest absolute Gasteiger partial charge is 0.150 e. The molecule has 1 fully saturated rings. The Hall–Kier alpha value is 0.0500. The van der Waals surface area contributed by atoms with Crippen LogP contribution in [0.5, 0.6) is 0 Å². The Balaban J connectivity index is 2.02. The highest BCUT2D eigenvalue weighted by atomic mass is 79.9. The zero-order valence-corrected chi connectivity index (χ0v) is 12.4. The van der Waals surface area contributed by atoms with Crippen LogP contribution in [0.3, 0.4) is 0 Å². The van der Waals surface area contributed by atoms with E-state index in [2.05, 4.69) is 27.4 Å². The highest BCUT2D eigenvalue weighted by molar-refractivity contribution is 9.10. The molecule has 1 aromatic heterocycles. The minimum Gasteiger partial charge on any atom is -0.271 e. The van der Waals surface area contributed by atoms with Crippen LogP contribution >= 0.6 is 27.3 Å². The summed E-state index contributed by atoms with van der Waals surface area (Å²) in [5, 5.41) is 2.02. The first-order valence-electron chi connectivity index (χ1n) is 5.39. The van der Waals surface area contributed by atoms with Crippen molar-refractivity contribution in [2.75, 3.05) is 11.5 Å². The fourth-order valence-corrected chi connectivity index (χ4v) is 5.57. The first-order chi connectivity index (χ1) is 8.00. The molecule has 1 aliphatic heterocycles. The van der Waals surface area contributed by atoms with Crippen LogP contribution in [0.4, 0.5) is 0 Å². The molecule has 1 saturated heterocycles. The first kappa shape index (κ1) is 13.5. The number of nitrogens with one attached hydrogen (secondary N) is 1. The van der Waals surface area contributed by atoms with E-state index in [-0.39, 0.29) is 17.7 Å². The molecule has 96 valence electrons. The molecule has 0 saturated carbocycles. The second-order valence-electron chi connectivity index (χ2n) is 4.37.